The number of hydrogen-bond donors (Lipinski definition) is 2. The van der Waals surface area contributed by atoms with Crippen LogP contribution in [0, 0.1) is 13.8 Å². The molecule has 1 aromatic carbocycles. The fourth-order valence-electron chi connectivity index (χ4n) is 2.20. The molecule has 5 heteroatoms. The maximum absolute atomic E-state index is 5.93. The number of nitrogens with zero attached hydrogens (tertiary/aromatic N) is 2. The van der Waals surface area contributed by atoms with Crippen LogP contribution in [0.2, 0.25) is 0 Å². The summed E-state index contributed by atoms with van der Waals surface area (Å²) in [5.41, 5.74) is 5.76. The zero-order valence-electron chi connectivity index (χ0n) is 12.3. The van der Waals surface area contributed by atoms with Gasteiger partial charge in [-0.15, -0.1) is 0 Å². The van der Waals surface area contributed by atoms with Crippen LogP contribution in [0.15, 0.2) is 24.5 Å². The number of hydrogen-bond acceptors (Lipinski definition) is 5. The van der Waals surface area contributed by atoms with E-state index >= 15 is 0 Å². The molecule has 5 nitrogen and oxygen atoms in total. The fourth-order valence-corrected chi connectivity index (χ4v) is 2.20. The maximum Gasteiger partial charge on any atom is 0.227 e. The number of nitrogen functional groups attached to an aromatic ring is 1. The van der Waals surface area contributed by atoms with Gasteiger partial charge in [0.25, 0.3) is 0 Å². The molecular formula is C15H20N4O. The second kappa shape index (κ2) is 5.88. The van der Waals surface area contributed by atoms with Crippen LogP contribution in [0.5, 0.6) is 11.6 Å². The van der Waals surface area contributed by atoms with Crippen molar-refractivity contribution < 1.29 is 4.74 Å². The van der Waals surface area contributed by atoms with Crippen LogP contribution in [0.1, 0.15) is 36.5 Å². The Kier molecular flexibility index (Phi) is 4.20. The molecular weight excluding hydrogens is 252 g/mol. The lowest BCUT2D eigenvalue weighted by Gasteiger charge is -2.15. The van der Waals surface area contributed by atoms with Crippen LogP contribution in [0.4, 0.5) is 5.82 Å². The topological polar surface area (TPSA) is 73.1 Å². The van der Waals surface area contributed by atoms with E-state index in [1.54, 1.807) is 0 Å². The van der Waals surface area contributed by atoms with Gasteiger partial charge in [0.15, 0.2) is 5.82 Å². The first-order chi connectivity index (χ1) is 9.51. The van der Waals surface area contributed by atoms with E-state index < -0.39 is 0 Å². The summed E-state index contributed by atoms with van der Waals surface area (Å²) in [6.07, 6.45) is 1.44. The number of anilines is 1. The molecule has 0 saturated heterocycles. The van der Waals surface area contributed by atoms with Crippen molar-refractivity contribution in [3.8, 4) is 11.6 Å². The van der Waals surface area contributed by atoms with Crippen LogP contribution >= 0.6 is 0 Å². The lowest BCUT2D eigenvalue weighted by Crippen LogP contribution is -2.13. The maximum atomic E-state index is 5.93. The highest BCUT2D eigenvalue weighted by molar-refractivity contribution is 5.51. The van der Waals surface area contributed by atoms with Gasteiger partial charge in [-0.05, 0) is 43.0 Å². The summed E-state index contributed by atoms with van der Waals surface area (Å²) in [6.45, 7) is 8.17. The molecule has 106 valence electrons. The third-order valence-electron chi connectivity index (χ3n) is 2.97. The summed E-state index contributed by atoms with van der Waals surface area (Å²) in [7, 11) is 0. The second-order valence-electron chi connectivity index (χ2n) is 5.17. The van der Waals surface area contributed by atoms with Crippen LogP contribution in [0.25, 0.3) is 0 Å². The Labute approximate surface area is 119 Å². The Morgan fingerprint density at radius 2 is 1.75 bits per heavy atom. The molecule has 2 rings (SSSR count). The van der Waals surface area contributed by atoms with E-state index in [1.807, 2.05) is 39.8 Å². The number of ether oxygens (including phenoxy) is 1. The summed E-state index contributed by atoms with van der Waals surface area (Å²) >= 11 is 0. The Bertz CT molecular complexity index is 591. The second-order valence-corrected chi connectivity index (χ2v) is 5.17. The van der Waals surface area contributed by atoms with Gasteiger partial charge in [0.1, 0.15) is 12.1 Å². The average Bonchev–Trinajstić information content (AvgIpc) is 2.36. The Morgan fingerprint density at radius 3 is 2.30 bits per heavy atom. The molecule has 3 N–H and O–H groups in total. The summed E-state index contributed by atoms with van der Waals surface area (Å²) in [6, 6.07) is 6.06. The van der Waals surface area contributed by atoms with Gasteiger partial charge in [-0.3, -0.25) is 0 Å². The molecule has 0 aliphatic rings. The Balaban J connectivity index is 2.42. The molecule has 0 spiro atoms. The summed E-state index contributed by atoms with van der Waals surface area (Å²) in [5, 5.41) is 0. The van der Waals surface area contributed by atoms with Crippen molar-refractivity contribution in [3.63, 3.8) is 0 Å². The highest BCUT2D eigenvalue weighted by Gasteiger charge is 2.16. The van der Waals surface area contributed by atoms with Crippen molar-refractivity contribution in [2.24, 2.45) is 5.84 Å². The predicted molar refractivity (Wildman–Crippen MR) is 79.9 cm³/mol. The number of benzene rings is 1. The van der Waals surface area contributed by atoms with E-state index in [0.717, 1.165) is 22.4 Å². The number of aromatic nitrogens is 2. The molecule has 1 heterocycles. The average molecular weight is 272 g/mol. The standard InChI is InChI=1S/C15H20N4O/c1-9(2)13-14(19-16)17-8-18-15(13)20-12-6-10(3)5-11(4)7-12/h5-9H,16H2,1-4H3,(H,17,18,19). The highest BCUT2D eigenvalue weighted by atomic mass is 16.5. The monoisotopic (exact) mass is 272 g/mol. The van der Waals surface area contributed by atoms with Crippen LogP contribution in [-0.4, -0.2) is 9.97 Å². The Hall–Kier alpha value is -2.14. The van der Waals surface area contributed by atoms with E-state index in [2.05, 4.69) is 21.5 Å². The van der Waals surface area contributed by atoms with Gasteiger partial charge in [0, 0.05) is 0 Å². The van der Waals surface area contributed by atoms with E-state index in [-0.39, 0.29) is 5.92 Å². The molecule has 0 radical (unpaired) electrons. The minimum Gasteiger partial charge on any atom is -0.439 e. The van der Waals surface area contributed by atoms with Gasteiger partial charge < -0.3 is 10.2 Å². The third kappa shape index (κ3) is 3.05. The lowest BCUT2D eigenvalue weighted by atomic mass is 10.1. The molecule has 0 unspecified atom stereocenters. The van der Waals surface area contributed by atoms with Crippen molar-refractivity contribution in [2.45, 2.75) is 33.6 Å². The Morgan fingerprint density at radius 1 is 1.10 bits per heavy atom. The smallest absolute Gasteiger partial charge is 0.227 e. The number of rotatable bonds is 4. The van der Waals surface area contributed by atoms with Crippen LogP contribution < -0.4 is 16.0 Å². The third-order valence-corrected chi connectivity index (χ3v) is 2.97. The van der Waals surface area contributed by atoms with Gasteiger partial charge in [0.05, 0.1) is 5.56 Å². The SMILES string of the molecule is Cc1cc(C)cc(Oc2ncnc(NN)c2C(C)C)c1. The number of hydrazine groups is 1. The zero-order chi connectivity index (χ0) is 14.7. The minimum absolute atomic E-state index is 0.197. The van der Waals surface area contributed by atoms with Gasteiger partial charge >= 0.3 is 0 Å². The largest absolute Gasteiger partial charge is 0.439 e. The number of nitrogens with one attached hydrogen (secondary N) is 1. The summed E-state index contributed by atoms with van der Waals surface area (Å²) < 4.78 is 5.93. The van der Waals surface area contributed by atoms with Gasteiger partial charge in [-0.25, -0.2) is 15.8 Å². The number of nitrogens with two attached hydrogens (primary N) is 1. The van der Waals surface area contributed by atoms with E-state index in [1.165, 1.54) is 6.33 Å². The predicted octanol–water partition coefficient (Wildman–Crippen LogP) is 3.29. The first-order valence-corrected chi connectivity index (χ1v) is 6.59. The van der Waals surface area contributed by atoms with Crippen molar-refractivity contribution in [2.75, 3.05) is 5.43 Å². The quantitative estimate of drug-likeness (QED) is 0.660. The molecule has 20 heavy (non-hydrogen) atoms. The molecule has 0 saturated carbocycles. The fraction of sp³-hybridized carbons (Fsp3) is 0.333. The van der Waals surface area contributed by atoms with E-state index in [9.17, 15) is 0 Å². The summed E-state index contributed by atoms with van der Waals surface area (Å²) in [5.74, 6) is 7.60. The first-order valence-electron chi connectivity index (χ1n) is 6.59. The van der Waals surface area contributed by atoms with Gasteiger partial charge in [-0.1, -0.05) is 19.9 Å². The molecule has 0 fully saturated rings. The van der Waals surface area contributed by atoms with Crippen LogP contribution in [-0.2, 0) is 0 Å². The van der Waals surface area contributed by atoms with E-state index in [0.29, 0.717) is 11.7 Å². The normalized spacial score (nSPS) is 10.7. The molecule has 1 aromatic heterocycles. The molecule has 0 atom stereocenters. The van der Waals surface area contributed by atoms with Crippen molar-refractivity contribution in [1.29, 1.82) is 0 Å². The van der Waals surface area contributed by atoms with E-state index in [4.69, 9.17) is 10.6 Å². The molecule has 0 amide bonds. The van der Waals surface area contributed by atoms with Crippen LogP contribution in [0.3, 0.4) is 0 Å². The lowest BCUT2D eigenvalue weighted by molar-refractivity contribution is 0.451. The van der Waals surface area contributed by atoms with Crippen molar-refractivity contribution in [3.05, 3.63) is 41.2 Å². The zero-order valence-corrected chi connectivity index (χ0v) is 12.3. The molecule has 0 bridgehead atoms. The summed E-state index contributed by atoms with van der Waals surface area (Å²) in [4.78, 5) is 8.36. The van der Waals surface area contributed by atoms with Crippen molar-refractivity contribution in [1.82, 2.24) is 9.97 Å². The van der Waals surface area contributed by atoms with Gasteiger partial charge in [0.2, 0.25) is 5.88 Å². The highest BCUT2D eigenvalue weighted by Crippen LogP contribution is 2.32. The molecule has 0 aliphatic carbocycles. The first kappa shape index (κ1) is 14.3. The van der Waals surface area contributed by atoms with Gasteiger partial charge in [-0.2, -0.15) is 0 Å². The molecule has 0 aliphatic heterocycles. The minimum atomic E-state index is 0.197. The molecule has 2 aromatic rings. The van der Waals surface area contributed by atoms with Crippen molar-refractivity contribution >= 4 is 5.82 Å². The number of aryl methyl sites for hydroxylation is 2.